The molecule has 3 heteroatoms. The van der Waals surface area contributed by atoms with E-state index in [4.69, 9.17) is 0 Å². The predicted molar refractivity (Wildman–Crippen MR) is 79.8 cm³/mol. The van der Waals surface area contributed by atoms with E-state index in [-0.39, 0.29) is 0 Å². The van der Waals surface area contributed by atoms with Crippen LogP contribution in [0.4, 0.5) is 0 Å². The van der Waals surface area contributed by atoms with Crippen LogP contribution < -0.4 is 5.32 Å². The topological polar surface area (TPSA) is 12.0 Å². The van der Waals surface area contributed by atoms with Gasteiger partial charge in [0.2, 0.25) is 0 Å². The van der Waals surface area contributed by atoms with Crippen LogP contribution in [0.15, 0.2) is 9.85 Å². The highest BCUT2D eigenvalue weighted by Gasteiger charge is 2.23. The zero-order valence-electron chi connectivity index (χ0n) is 10.8. The third kappa shape index (κ3) is 3.55. The van der Waals surface area contributed by atoms with Crippen LogP contribution in [0.3, 0.4) is 0 Å². The molecule has 2 atom stereocenters. The molecule has 2 unspecified atom stereocenters. The van der Waals surface area contributed by atoms with E-state index in [2.05, 4.69) is 41.2 Å². The van der Waals surface area contributed by atoms with E-state index >= 15 is 0 Å². The standard InChI is InChI=1S/C14H22BrNS/c1-3-4-6-10(2)16-12-7-5-8-13-11(12)9-14(15)17-13/h9-10,12,16H,3-8H2,1-2H3. The van der Waals surface area contributed by atoms with Crippen LogP contribution in [0.1, 0.15) is 62.4 Å². The summed E-state index contributed by atoms with van der Waals surface area (Å²) in [7, 11) is 0. The van der Waals surface area contributed by atoms with Crippen molar-refractivity contribution in [2.24, 2.45) is 0 Å². The minimum Gasteiger partial charge on any atom is -0.307 e. The summed E-state index contributed by atoms with van der Waals surface area (Å²) in [6.07, 6.45) is 7.83. The molecular formula is C14H22BrNS. The number of hydrogen-bond donors (Lipinski definition) is 1. The number of unbranched alkanes of at least 4 members (excludes halogenated alkanes) is 1. The molecule has 0 aliphatic heterocycles. The largest absolute Gasteiger partial charge is 0.307 e. The van der Waals surface area contributed by atoms with Gasteiger partial charge in [-0.25, -0.2) is 0 Å². The predicted octanol–water partition coefficient (Wildman–Crippen LogP) is 5.06. The Morgan fingerprint density at radius 1 is 1.59 bits per heavy atom. The molecule has 17 heavy (non-hydrogen) atoms. The molecule has 96 valence electrons. The maximum absolute atomic E-state index is 3.81. The highest BCUT2D eigenvalue weighted by atomic mass is 79.9. The van der Waals surface area contributed by atoms with Gasteiger partial charge in [-0.15, -0.1) is 11.3 Å². The molecule has 1 aromatic rings. The molecule has 1 aliphatic carbocycles. The summed E-state index contributed by atoms with van der Waals surface area (Å²) in [5.41, 5.74) is 1.55. The van der Waals surface area contributed by atoms with E-state index in [0.29, 0.717) is 12.1 Å². The zero-order chi connectivity index (χ0) is 12.3. The van der Waals surface area contributed by atoms with Crippen molar-refractivity contribution < 1.29 is 0 Å². The molecule has 0 bridgehead atoms. The first-order valence-corrected chi connectivity index (χ1v) is 8.35. The number of hydrogen-bond acceptors (Lipinski definition) is 2. The number of fused-ring (bicyclic) bond motifs is 1. The van der Waals surface area contributed by atoms with Crippen LogP contribution in [0.5, 0.6) is 0 Å². The molecular weight excluding hydrogens is 294 g/mol. The second kappa shape index (κ2) is 6.35. The van der Waals surface area contributed by atoms with Gasteiger partial charge >= 0.3 is 0 Å². The first-order valence-electron chi connectivity index (χ1n) is 6.75. The molecule has 0 aromatic carbocycles. The van der Waals surface area contributed by atoms with Gasteiger partial charge in [-0.2, -0.15) is 0 Å². The van der Waals surface area contributed by atoms with E-state index in [1.807, 2.05) is 11.3 Å². The third-order valence-electron chi connectivity index (χ3n) is 3.56. The minimum atomic E-state index is 0.591. The van der Waals surface area contributed by atoms with Gasteiger partial charge in [0.1, 0.15) is 0 Å². The Morgan fingerprint density at radius 2 is 2.41 bits per heavy atom. The Hall–Kier alpha value is 0.140. The highest BCUT2D eigenvalue weighted by Crippen LogP contribution is 2.38. The maximum Gasteiger partial charge on any atom is 0.0704 e. The van der Waals surface area contributed by atoms with Gasteiger partial charge in [0.05, 0.1) is 3.79 Å². The average Bonchev–Trinajstić information content (AvgIpc) is 2.68. The fourth-order valence-corrected chi connectivity index (χ4v) is 4.45. The summed E-state index contributed by atoms with van der Waals surface area (Å²) >= 11 is 5.53. The molecule has 1 heterocycles. The highest BCUT2D eigenvalue weighted by molar-refractivity contribution is 9.11. The summed E-state index contributed by atoms with van der Waals surface area (Å²) in [6.45, 7) is 4.59. The summed E-state index contributed by atoms with van der Waals surface area (Å²) in [4.78, 5) is 1.59. The van der Waals surface area contributed by atoms with Crippen LogP contribution in [-0.2, 0) is 6.42 Å². The molecule has 0 saturated heterocycles. The number of aryl methyl sites for hydroxylation is 1. The number of nitrogens with one attached hydrogen (secondary N) is 1. The summed E-state index contributed by atoms with van der Waals surface area (Å²) in [5, 5.41) is 3.81. The van der Waals surface area contributed by atoms with Crippen LogP contribution in [-0.4, -0.2) is 6.04 Å². The lowest BCUT2D eigenvalue weighted by Crippen LogP contribution is -2.32. The Kier molecular flexibility index (Phi) is 5.07. The second-order valence-corrected chi connectivity index (χ2v) is 7.60. The fraction of sp³-hybridized carbons (Fsp3) is 0.714. The van der Waals surface area contributed by atoms with Gasteiger partial charge in [0.15, 0.2) is 0 Å². The first-order chi connectivity index (χ1) is 8.20. The third-order valence-corrected chi connectivity index (χ3v) is 5.27. The molecule has 1 aromatic heterocycles. The van der Waals surface area contributed by atoms with Crippen molar-refractivity contribution in [3.8, 4) is 0 Å². The zero-order valence-corrected chi connectivity index (χ0v) is 13.2. The fourth-order valence-electron chi connectivity index (χ4n) is 2.63. The molecule has 0 saturated carbocycles. The SMILES string of the molecule is CCCCC(C)NC1CCCc2sc(Br)cc21. The molecule has 2 rings (SSSR count). The molecule has 1 nitrogen and oxygen atoms in total. The van der Waals surface area contributed by atoms with Gasteiger partial charge < -0.3 is 5.32 Å². The Labute approximate surface area is 117 Å². The normalized spacial score (nSPS) is 21.2. The van der Waals surface area contributed by atoms with Crippen molar-refractivity contribution in [3.63, 3.8) is 0 Å². The van der Waals surface area contributed by atoms with E-state index < -0.39 is 0 Å². The monoisotopic (exact) mass is 315 g/mol. The second-order valence-electron chi connectivity index (χ2n) is 5.08. The van der Waals surface area contributed by atoms with Crippen LogP contribution in [0.2, 0.25) is 0 Å². The Bertz CT molecular complexity index is 361. The lowest BCUT2D eigenvalue weighted by molar-refractivity contribution is 0.391. The van der Waals surface area contributed by atoms with Crippen LogP contribution in [0.25, 0.3) is 0 Å². The lowest BCUT2D eigenvalue weighted by Gasteiger charge is -2.27. The molecule has 1 N–H and O–H groups in total. The average molecular weight is 316 g/mol. The van der Waals surface area contributed by atoms with Gasteiger partial charge in [-0.05, 0) is 60.2 Å². The van der Waals surface area contributed by atoms with E-state index in [1.54, 1.807) is 10.4 Å². The van der Waals surface area contributed by atoms with Crippen molar-refractivity contribution in [1.82, 2.24) is 5.32 Å². The van der Waals surface area contributed by atoms with Crippen molar-refractivity contribution >= 4 is 27.3 Å². The Morgan fingerprint density at radius 3 is 3.18 bits per heavy atom. The van der Waals surface area contributed by atoms with Crippen LogP contribution in [0, 0.1) is 0 Å². The number of rotatable bonds is 5. The quantitative estimate of drug-likeness (QED) is 0.801. The Balaban J connectivity index is 1.98. The molecule has 0 radical (unpaired) electrons. The molecule has 0 fully saturated rings. The summed E-state index contributed by atoms with van der Waals surface area (Å²) < 4.78 is 1.29. The van der Waals surface area contributed by atoms with Gasteiger partial charge in [0, 0.05) is 17.0 Å². The minimum absolute atomic E-state index is 0.591. The van der Waals surface area contributed by atoms with E-state index in [0.717, 1.165) is 0 Å². The first kappa shape index (κ1) is 13.6. The van der Waals surface area contributed by atoms with Crippen molar-refractivity contribution in [2.75, 3.05) is 0 Å². The maximum atomic E-state index is 3.81. The summed E-state index contributed by atoms with van der Waals surface area (Å²) in [6, 6.07) is 3.56. The van der Waals surface area contributed by atoms with Crippen molar-refractivity contribution in [3.05, 3.63) is 20.3 Å². The molecule has 0 spiro atoms. The number of thiophene rings is 1. The van der Waals surface area contributed by atoms with E-state index in [1.165, 1.54) is 42.3 Å². The smallest absolute Gasteiger partial charge is 0.0704 e. The van der Waals surface area contributed by atoms with Crippen molar-refractivity contribution in [1.29, 1.82) is 0 Å². The number of halogens is 1. The van der Waals surface area contributed by atoms with Crippen LogP contribution >= 0.6 is 27.3 Å². The summed E-state index contributed by atoms with van der Waals surface area (Å²) in [5.74, 6) is 0. The van der Waals surface area contributed by atoms with Gasteiger partial charge in [-0.1, -0.05) is 19.8 Å². The molecule has 1 aliphatic rings. The van der Waals surface area contributed by atoms with E-state index in [9.17, 15) is 0 Å². The van der Waals surface area contributed by atoms with Gasteiger partial charge in [0.25, 0.3) is 0 Å². The van der Waals surface area contributed by atoms with Crippen molar-refractivity contribution in [2.45, 2.75) is 64.5 Å². The molecule has 0 amide bonds. The van der Waals surface area contributed by atoms with Gasteiger partial charge in [-0.3, -0.25) is 0 Å². The lowest BCUT2D eigenvalue weighted by atomic mass is 9.93.